The fourth-order valence-electron chi connectivity index (χ4n) is 1.19. The van der Waals surface area contributed by atoms with Crippen LogP contribution in [0.5, 0.6) is 0 Å². The maximum Gasteiger partial charge on any atom is 0.169 e. The Labute approximate surface area is 86.2 Å². The molecule has 70 valence electrons. The van der Waals surface area contributed by atoms with Gasteiger partial charge in [-0.15, -0.1) is 11.3 Å². The number of carbonyl (C=O) groups is 1. The van der Waals surface area contributed by atoms with Gasteiger partial charge in [0.05, 0.1) is 10.6 Å². The fraction of sp³-hybridized carbons (Fsp3) is 0.0909. The molecule has 2 aromatic rings. The highest BCUT2D eigenvalue weighted by Gasteiger charge is 2.05. The monoisotopic (exact) mass is 203 g/mol. The van der Waals surface area contributed by atoms with Crippen LogP contribution in [0.15, 0.2) is 35.8 Å². The van der Waals surface area contributed by atoms with E-state index in [2.05, 4.69) is 4.98 Å². The van der Waals surface area contributed by atoms with Crippen molar-refractivity contribution in [3.05, 3.63) is 40.7 Å². The van der Waals surface area contributed by atoms with Gasteiger partial charge in [0, 0.05) is 17.1 Å². The Kier molecular flexibility index (Phi) is 2.41. The second-order valence-corrected chi connectivity index (χ2v) is 3.88. The highest BCUT2D eigenvalue weighted by Crippen LogP contribution is 2.23. The van der Waals surface area contributed by atoms with Gasteiger partial charge in [0.1, 0.15) is 0 Å². The molecule has 0 atom stereocenters. The Morgan fingerprint density at radius 2 is 2.29 bits per heavy atom. The van der Waals surface area contributed by atoms with E-state index in [0.29, 0.717) is 0 Å². The number of pyridine rings is 1. The molecule has 2 heterocycles. The maximum absolute atomic E-state index is 11.1. The average molecular weight is 203 g/mol. The van der Waals surface area contributed by atoms with Crippen LogP contribution in [0.4, 0.5) is 0 Å². The van der Waals surface area contributed by atoms with Crippen molar-refractivity contribution in [2.24, 2.45) is 0 Å². The number of hydrogen-bond acceptors (Lipinski definition) is 3. The van der Waals surface area contributed by atoms with Gasteiger partial charge >= 0.3 is 0 Å². The number of Topliss-reactive ketones (excluding diaryl/α,β-unsaturated/α-hetero) is 1. The lowest BCUT2D eigenvalue weighted by Gasteiger charge is -1.93. The minimum atomic E-state index is 0.109. The number of rotatable bonds is 2. The molecule has 14 heavy (non-hydrogen) atoms. The minimum absolute atomic E-state index is 0.109. The number of thiophene rings is 1. The molecule has 0 aliphatic heterocycles. The third-order valence-corrected chi connectivity index (χ3v) is 2.94. The van der Waals surface area contributed by atoms with Crippen LogP contribution in [0, 0.1) is 0 Å². The summed E-state index contributed by atoms with van der Waals surface area (Å²) in [7, 11) is 0. The fourth-order valence-corrected chi connectivity index (χ4v) is 1.99. The highest BCUT2D eigenvalue weighted by atomic mass is 32.1. The summed E-state index contributed by atoms with van der Waals surface area (Å²) >= 11 is 1.46. The second-order valence-electron chi connectivity index (χ2n) is 2.97. The van der Waals surface area contributed by atoms with Gasteiger partial charge in [-0.05, 0) is 25.1 Å². The molecular weight excluding hydrogens is 194 g/mol. The molecule has 0 amide bonds. The summed E-state index contributed by atoms with van der Waals surface area (Å²) in [6, 6.07) is 7.64. The first kappa shape index (κ1) is 9.09. The van der Waals surface area contributed by atoms with Crippen molar-refractivity contribution in [2.45, 2.75) is 6.92 Å². The maximum atomic E-state index is 11.1. The van der Waals surface area contributed by atoms with E-state index >= 15 is 0 Å². The standard InChI is InChI=1S/C11H9NOS/c1-8(13)11-6-9(7-14-11)10-4-2-3-5-12-10/h2-7H,1H3. The molecule has 0 N–H and O–H groups in total. The number of hydrogen-bond donors (Lipinski definition) is 0. The zero-order chi connectivity index (χ0) is 9.97. The molecule has 2 aromatic heterocycles. The third-order valence-electron chi connectivity index (χ3n) is 1.91. The van der Waals surface area contributed by atoms with Crippen LogP contribution in [-0.2, 0) is 0 Å². The van der Waals surface area contributed by atoms with Crippen molar-refractivity contribution in [3.63, 3.8) is 0 Å². The van der Waals surface area contributed by atoms with Gasteiger partial charge in [-0.3, -0.25) is 9.78 Å². The zero-order valence-electron chi connectivity index (χ0n) is 7.73. The van der Waals surface area contributed by atoms with Gasteiger partial charge in [-0.25, -0.2) is 0 Å². The van der Waals surface area contributed by atoms with Crippen LogP contribution < -0.4 is 0 Å². The van der Waals surface area contributed by atoms with Crippen LogP contribution >= 0.6 is 11.3 Å². The topological polar surface area (TPSA) is 30.0 Å². The average Bonchev–Trinajstić information content (AvgIpc) is 2.68. The smallest absolute Gasteiger partial charge is 0.169 e. The molecule has 2 nitrogen and oxygen atoms in total. The molecule has 0 aliphatic rings. The summed E-state index contributed by atoms with van der Waals surface area (Å²) in [5.74, 6) is 0.109. The van der Waals surface area contributed by atoms with E-state index in [1.165, 1.54) is 11.3 Å². The van der Waals surface area contributed by atoms with Crippen molar-refractivity contribution in [3.8, 4) is 11.3 Å². The molecule has 0 spiro atoms. The van der Waals surface area contributed by atoms with Crippen molar-refractivity contribution < 1.29 is 4.79 Å². The summed E-state index contributed by atoms with van der Waals surface area (Å²) < 4.78 is 0. The molecule has 0 aromatic carbocycles. The van der Waals surface area contributed by atoms with Crippen LogP contribution in [0.3, 0.4) is 0 Å². The molecule has 2 rings (SSSR count). The normalized spacial score (nSPS) is 10.1. The Bertz CT molecular complexity index is 447. The van der Waals surface area contributed by atoms with Crippen molar-refractivity contribution >= 4 is 17.1 Å². The Balaban J connectivity index is 2.39. The van der Waals surface area contributed by atoms with Crippen molar-refractivity contribution in [2.75, 3.05) is 0 Å². The van der Waals surface area contributed by atoms with E-state index < -0.39 is 0 Å². The van der Waals surface area contributed by atoms with Crippen molar-refractivity contribution in [1.29, 1.82) is 0 Å². The van der Waals surface area contributed by atoms with Crippen LogP contribution in [0.2, 0.25) is 0 Å². The third kappa shape index (κ3) is 1.72. The summed E-state index contributed by atoms with van der Waals surface area (Å²) in [5.41, 5.74) is 1.93. The number of ketones is 1. The lowest BCUT2D eigenvalue weighted by molar-refractivity contribution is 0.102. The van der Waals surface area contributed by atoms with Gasteiger partial charge in [0.25, 0.3) is 0 Å². The van der Waals surface area contributed by atoms with E-state index in [0.717, 1.165) is 16.1 Å². The lowest BCUT2D eigenvalue weighted by atomic mass is 10.2. The number of nitrogens with zero attached hydrogens (tertiary/aromatic N) is 1. The molecule has 0 aliphatic carbocycles. The zero-order valence-corrected chi connectivity index (χ0v) is 8.54. The lowest BCUT2D eigenvalue weighted by Crippen LogP contribution is -1.84. The van der Waals surface area contributed by atoms with Crippen LogP contribution in [0.1, 0.15) is 16.6 Å². The molecule has 3 heteroatoms. The molecule has 0 saturated carbocycles. The van der Waals surface area contributed by atoms with Gasteiger partial charge < -0.3 is 0 Å². The summed E-state index contributed by atoms with van der Waals surface area (Å²) in [4.78, 5) is 16.1. The van der Waals surface area contributed by atoms with Crippen molar-refractivity contribution in [1.82, 2.24) is 4.98 Å². The molecule has 0 unspecified atom stereocenters. The first-order valence-electron chi connectivity index (χ1n) is 4.28. The Morgan fingerprint density at radius 3 is 2.86 bits per heavy atom. The largest absolute Gasteiger partial charge is 0.294 e. The molecule has 0 radical (unpaired) electrons. The summed E-state index contributed by atoms with van der Waals surface area (Å²) in [6.45, 7) is 1.58. The van der Waals surface area contributed by atoms with Gasteiger partial charge in [-0.2, -0.15) is 0 Å². The van der Waals surface area contributed by atoms with Gasteiger partial charge in [0.2, 0.25) is 0 Å². The quantitative estimate of drug-likeness (QED) is 0.702. The van der Waals surface area contributed by atoms with Crippen LogP contribution in [0.25, 0.3) is 11.3 Å². The van der Waals surface area contributed by atoms with Gasteiger partial charge in [-0.1, -0.05) is 6.07 Å². The Morgan fingerprint density at radius 1 is 1.43 bits per heavy atom. The van der Waals surface area contributed by atoms with E-state index in [-0.39, 0.29) is 5.78 Å². The van der Waals surface area contributed by atoms with E-state index in [1.54, 1.807) is 13.1 Å². The van der Waals surface area contributed by atoms with Gasteiger partial charge in [0.15, 0.2) is 5.78 Å². The summed E-state index contributed by atoms with van der Waals surface area (Å²) in [6.07, 6.45) is 1.75. The first-order chi connectivity index (χ1) is 6.77. The first-order valence-corrected chi connectivity index (χ1v) is 5.16. The molecular formula is C11H9NOS. The molecule has 0 fully saturated rings. The second kappa shape index (κ2) is 3.72. The minimum Gasteiger partial charge on any atom is -0.294 e. The van der Waals surface area contributed by atoms with E-state index in [1.807, 2.05) is 29.6 Å². The van der Waals surface area contributed by atoms with E-state index in [4.69, 9.17) is 0 Å². The predicted octanol–water partition coefficient (Wildman–Crippen LogP) is 3.01. The Hall–Kier alpha value is -1.48. The SMILES string of the molecule is CC(=O)c1cc(-c2ccccn2)cs1. The van der Waals surface area contributed by atoms with Crippen LogP contribution in [-0.4, -0.2) is 10.8 Å². The predicted molar refractivity (Wildman–Crippen MR) is 57.6 cm³/mol. The molecule has 0 saturated heterocycles. The highest BCUT2D eigenvalue weighted by molar-refractivity contribution is 7.12. The van der Waals surface area contributed by atoms with E-state index in [9.17, 15) is 4.79 Å². The number of carbonyl (C=O) groups excluding carboxylic acids is 1. The molecule has 0 bridgehead atoms. The number of aromatic nitrogens is 1. The summed E-state index contributed by atoms with van der Waals surface area (Å²) in [5, 5.41) is 1.96.